The monoisotopic (exact) mass is 396 g/mol. The summed E-state index contributed by atoms with van der Waals surface area (Å²) in [6.07, 6.45) is 5.25. The fraction of sp³-hybridized carbons (Fsp3) is 0.381. The van der Waals surface area contributed by atoms with Crippen molar-refractivity contribution in [3.63, 3.8) is 0 Å². The molecule has 4 rings (SSSR count). The van der Waals surface area contributed by atoms with E-state index in [1.165, 1.54) is 30.6 Å². The van der Waals surface area contributed by atoms with E-state index >= 15 is 0 Å². The van der Waals surface area contributed by atoms with E-state index in [0.717, 1.165) is 35.1 Å². The minimum absolute atomic E-state index is 0.111. The molecule has 28 heavy (non-hydrogen) atoms. The summed E-state index contributed by atoms with van der Waals surface area (Å²) in [6.45, 7) is 1.50. The number of nitrogens with one attached hydrogen (secondary N) is 1. The van der Waals surface area contributed by atoms with Gasteiger partial charge in [0.2, 0.25) is 0 Å². The van der Waals surface area contributed by atoms with Gasteiger partial charge in [-0.1, -0.05) is 36.8 Å². The van der Waals surface area contributed by atoms with Crippen LogP contribution in [0.2, 0.25) is 0 Å². The number of carbonyl (C=O) groups excluding carboxylic acids is 1. The van der Waals surface area contributed by atoms with Crippen LogP contribution in [0, 0.1) is 0 Å². The molecule has 1 aromatic carbocycles. The van der Waals surface area contributed by atoms with Gasteiger partial charge in [-0.25, -0.2) is 0 Å². The molecule has 0 atom stereocenters. The van der Waals surface area contributed by atoms with Gasteiger partial charge < -0.3 is 14.6 Å². The smallest absolute Gasteiger partial charge is 0.265 e. The number of aromatic nitrogens is 3. The van der Waals surface area contributed by atoms with Crippen LogP contribution in [0.1, 0.15) is 40.6 Å². The summed E-state index contributed by atoms with van der Waals surface area (Å²) in [5, 5.41) is 11.7. The fourth-order valence-electron chi connectivity index (χ4n) is 3.53. The van der Waals surface area contributed by atoms with Crippen molar-refractivity contribution in [3.8, 4) is 16.2 Å². The first kappa shape index (κ1) is 18.7. The Labute approximate surface area is 168 Å². The summed E-state index contributed by atoms with van der Waals surface area (Å²) in [4.78, 5) is 14.3. The number of ether oxygens (including phenoxy) is 1. The minimum atomic E-state index is -0.111. The molecule has 3 heterocycles. The molecule has 3 aromatic rings. The van der Waals surface area contributed by atoms with Gasteiger partial charge in [-0.15, -0.1) is 21.5 Å². The third-order valence-electron chi connectivity index (χ3n) is 5.00. The summed E-state index contributed by atoms with van der Waals surface area (Å²) in [5.41, 5.74) is 1.08. The summed E-state index contributed by atoms with van der Waals surface area (Å²) in [6, 6.07) is 11.9. The maximum Gasteiger partial charge on any atom is 0.265 e. The summed E-state index contributed by atoms with van der Waals surface area (Å²) in [7, 11) is 1.60. The lowest BCUT2D eigenvalue weighted by Gasteiger charge is -2.08. The molecule has 2 aromatic heterocycles. The number of rotatable bonds is 6. The molecule has 0 saturated carbocycles. The second-order valence-corrected chi connectivity index (χ2v) is 7.93. The van der Waals surface area contributed by atoms with Crippen molar-refractivity contribution in [2.75, 3.05) is 13.7 Å². The van der Waals surface area contributed by atoms with Crippen LogP contribution in [0.25, 0.3) is 10.4 Å². The number of fused-ring (bicyclic) bond motifs is 1. The van der Waals surface area contributed by atoms with Crippen molar-refractivity contribution < 1.29 is 9.53 Å². The van der Waals surface area contributed by atoms with Crippen LogP contribution in [-0.2, 0) is 19.4 Å². The maximum absolute atomic E-state index is 12.7. The highest BCUT2D eigenvalue weighted by Gasteiger charge is 2.19. The molecule has 0 fully saturated rings. The maximum atomic E-state index is 12.7. The Morgan fingerprint density at radius 3 is 2.89 bits per heavy atom. The Kier molecular flexibility index (Phi) is 5.71. The lowest BCUT2D eigenvalue weighted by Crippen LogP contribution is -2.26. The van der Waals surface area contributed by atoms with Crippen LogP contribution in [0.4, 0.5) is 0 Å². The van der Waals surface area contributed by atoms with Crippen molar-refractivity contribution in [3.05, 3.63) is 52.9 Å². The van der Waals surface area contributed by atoms with E-state index in [-0.39, 0.29) is 5.91 Å². The first-order valence-electron chi connectivity index (χ1n) is 9.68. The first-order chi connectivity index (χ1) is 13.8. The molecule has 1 aliphatic rings. The van der Waals surface area contributed by atoms with Crippen LogP contribution < -0.4 is 10.1 Å². The normalized spacial score (nSPS) is 13.6. The lowest BCUT2D eigenvalue weighted by molar-refractivity contribution is 0.0955. The highest BCUT2D eigenvalue weighted by molar-refractivity contribution is 7.17. The van der Waals surface area contributed by atoms with Crippen LogP contribution in [0.5, 0.6) is 5.75 Å². The molecular formula is C21H24N4O2S. The van der Waals surface area contributed by atoms with E-state index in [2.05, 4.69) is 20.1 Å². The molecule has 1 aliphatic heterocycles. The number of aryl methyl sites for hydroxylation is 1. The summed E-state index contributed by atoms with van der Waals surface area (Å²) >= 11 is 1.45. The number of nitrogens with zero attached hydrogens (tertiary/aromatic N) is 3. The highest BCUT2D eigenvalue weighted by atomic mass is 32.1. The molecule has 6 nitrogen and oxygen atoms in total. The fourth-order valence-corrected chi connectivity index (χ4v) is 4.57. The molecule has 1 N–H and O–H groups in total. The minimum Gasteiger partial charge on any atom is -0.495 e. The van der Waals surface area contributed by atoms with E-state index in [9.17, 15) is 4.79 Å². The Morgan fingerprint density at radius 1 is 1.21 bits per heavy atom. The van der Waals surface area contributed by atoms with Crippen LogP contribution in [0.3, 0.4) is 0 Å². The number of hydrogen-bond acceptors (Lipinski definition) is 5. The number of thiophene rings is 1. The number of hydrogen-bond donors (Lipinski definition) is 1. The second kappa shape index (κ2) is 8.56. The number of amides is 1. The quantitative estimate of drug-likeness (QED) is 0.690. The number of carbonyl (C=O) groups is 1. The average Bonchev–Trinajstić information content (AvgIpc) is 3.26. The Hall–Kier alpha value is -2.67. The number of benzene rings is 1. The first-order valence-corrected chi connectivity index (χ1v) is 10.5. The van der Waals surface area contributed by atoms with Crippen molar-refractivity contribution in [2.24, 2.45) is 0 Å². The van der Waals surface area contributed by atoms with E-state index in [1.807, 2.05) is 36.4 Å². The molecule has 0 radical (unpaired) electrons. The Bertz CT molecular complexity index is 949. The van der Waals surface area contributed by atoms with Gasteiger partial charge in [0, 0.05) is 30.8 Å². The van der Waals surface area contributed by atoms with Crippen molar-refractivity contribution in [2.45, 2.75) is 38.6 Å². The third kappa shape index (κ3) is 3.94. The molecule has 0 unspecified atom stereocenters. The largest absolute Gasteiger partial charge is 0.495 e. The van der Waals surface area contributed by atoms with Crippen molar-refractivity contribution in [1.29, 1.82) is 0 Å². The molecule has 146 valence electrons. The lowest BCUT2D eigenvalue weighted by atomic mass is 10.2. The predicted octanol–water partition coefficient (Wildman–Crippen LogP) is 3.71. The van der Waals surface area contributed by atoms with Gasteiger partial charge >= 0.3 is 0 Å². The zero-order valence-corrected chi connectivity index (χ0v) is 16.8. The van der Waals surface area contributed by atoms with E-state index in [4.69, 9.17) is 4.74 Å². The highest BCUT2D eigenvalue weighted by Crippen LogP contribution is 2.36. The molecule has 7 heteroatoms. The van der Waals surface area contributed by atoms with E-state index in [0.29, 0.717) is 23.6 Å². The molecule has 0 bridgehead atoms. The summed E-state index contributed by atoms with van der Waals surface area (Å²) < 4.78 is 7.65. The molecule has 0 spiro atoms. The molecule has 0 saturated heterocycles. The topological polar surface area (TPSA) is 69.0 Å². The van der Waals surface area contributed by atoms with Gasteiger partial charge in [0.1, 0.15) is 22.3 Å². The van der Waals surface area contributed by atoms with Gasteiger partial charge in [0.25, 0.3) is 5.91 Å². The molecule has 1 amide bonds. The van der Waals surface area contributed by atoms with Gasteiger partial charge in [0.15, 0.2) is 0 Å². The molecule has 0 aliphatic carbocycles. The van der Waals surface area contributed by atoms with Gasteiger partial charge in [-0.05, 0) is 24.5 Å². The van der Waals surface area contributed by atoms with Crippen LogP contribution in [0.15, 0.2) is 36.4 Å². The van der Waals surface area contributed by atoms with Gasteiger partial charge in [0.05, 0.1) is 7.11 Å². The van der Waals surface area contributed by atoms with Gasteiger partial charge in [-0.3, -0.25) is 4.79 Å². The SMILES string of the molecule is COc1cc(-c2ccccc2)sc1C(=O)NCCc1nnc2n1CCCCC2. The predicted molar refractivity (Wildman–Crippen MR) is 110 cm³/mol. The number of methoxy groups -OCH3 is 1. The standard InChI is InChI=1S/C21H24N4O2S/c1-27-16-14-17(15-8-4-2-5-9-15)28-20(16)21(26)22-12-11-19-24-23-18-10-6-3-7-13-25(18)19/h2,4-5,8-9,14H,3,6-7,10-13H2,1H3,(H,22,26). The van der Waals surface area contributed by atoms with E-state index < -0.39 is 0 Å². The Morgan fingerprint density at radius 2 is 2.07 bits per heavy atom. The van der Waals surface area contributed by atoms with E-state index in [1.54, 1.807) is 7.11 Å². The third-order valence-corrected chi connectivity index (χ3v) is 6.17. The van der Waals surface area contributed by atoms with Crippen LogP contribution >= 0.6 is 11.3 Å². The van der Waals surface area contributed by atoms with Crippen molar-refractivity contribution >= 4 is 17.2 Å². The molecular weight excluding hydrogens is 372 g/mol. The summed E-state index contributed by atoms with van der Waals surface area (Å²) in [5.74, 6) is 2.53. The zero-order valence-electron chi connectivity index (χ0n) is 16.0. The Balaban J connectivity index is 1.42. The van der Waals surface area contributed by atoms with Crippen LogP contribution in [-0.4, -0.2) is 34.3 Å². The zero-order chi connectivity index (χ0) is 19.3. The van der Waals surface area contributed by atoms with Crippen molar-refractivity contribution in [1.82, 2.24) is 20.1 Å². The van der Waals surface area contributed by atoms with Gasteiger partial charge in [-0.2, -0.15) is 0 Å². The second-order valence-electron chi connectivity index (χ2n) is 6.87. The average molecular weight is 397 g/mol.